The molecule has 90 valence electrons. The van der Waals surface area contributed by atoms with Crippen LogP contribution in [-0.4, -0.2) is 11.5 Å². The van der Waals surface area contributed by atoms with Crippen LogP contribution in [0.25, 0.3) is 10.8 Å². The molecule has 0 saturated carbocycles. The van der Waals surface area contributed by atoms with Crippen LogP contribution >= 0.6 is 15.9 Å². The van der Waals surface area contributed by atoms with Crippen molar-refractivity contribution >= 4 is 32.5 Å². The molecule has 3 heteroatoms. The van der Waals surface area contributed by atoms with E-state index in [0.29, 0.717) is 5.92 Å². The third-order valence-electron chi connectivity index (χ3n) is 2.75. The molecule has 0 aliphatic carbocycles. The molecular formula is C14H17BrN2. The molecule has 1 aromatic carbocycles. The number of fused-ring (bicyclic) bond motifs is 1. The van der Waals surface area contributed by atoms with Gasteiger partial charge in [0.15, 0.2) is 0 Å². The molecule has 0 spiro atoms. The molecule has 0 bridgehead atoms. The van der Waals surface area contributed by atoms with Crippen LogP contribution in [0, 0.1) is 12.8 Å². The Hall–Kier alpha value is -1.09. The number of nitrogens with zero attached hydrogens (tertiary/aromatic N) is 1. The van der Waals surface area contributed by atoms with Gasteiger partial charge in [-0.15, -0.1) is 0 Å². The van der Waals surface area contributed by atoms with Crippen LogP contribution in [0.4, 0.5) is 5.82 Å². The Labute approximate surface area is 111 Å². The highest BCUT2D eigenvalue weighted by molar-refractivity contribution is 9.10. The average Bonchev–Trinajstić information content (AvgIpc) is 2.29. The number of anilines is 1. The molecular weight excluding hydrogens is 276 g/mol. The molecule has 0 amide bonds. The Bertz CT molecular complexity index is 535. The number of aromatic nitrogens is 1. The Morgan fingerprint density at radius 3 is 2.82 bits per heavy atom. The summed E-state index contributed by atoms with van der Waals surface area (Å²) in [6.45, 7) is 7.46. The van der Waals surface area contributed by atoms with E-state index in [4.69, 9.17) is 0 Å². The summed E-state index contributed by atoms with van der Waals surface area (Å²) < 4.78 is 1.05. The fourth-order valence-corrected chi connectivity index (χ4v) is 2.30. The van der Waals surface area contributed by atoms with E-state index >= 15 is 0 Å². The van der Waals surface area contributed by atoms with E-state index in [9.17, 15) is 0 Å². The number of pyridine rings is 1. The lowest BCUT2D eigenvalue weighted by molar-refractivity contribution is 0.687. The number of hydrogen-bond acceptors (Lipinski definition) is 2. The van der Waals surface area contributed by atoms with Crippen molar-refractivity contribution in [2.45, 2.75) is 20.8 Å². The maximum atomic E-state index is 4.48. The SMILES string of the molecule is Cc1cccc2c(Br)cnc(NCC(C)C)c12. The topological polar surface area (TPSA) is 24.9 Å². The molecule has 0 unspecified atom stereocenters. The summed E-state index contributed by atoms with van der Waals surface area (Å²) in [6, 6.07) is 6.32. The zero-order valence-electron chi connectivity index (χ0n) is 10.4. The van der Waals surface area contributed by atoms with E-state index in [1.807, 2.05) is 6.20 Å². The second-order valence-electron chi connectivity index (χ2n) is 4.73. The minimum absolute atomic E-state index is 0.611. The Morgan fingerprint density at radius 1 is 1.35 bits per heavy atom. The van der Waals surface area contributed by atoms with Crippen molar-refractivity contribution in [1.82, 2.24) is 4.98 Å². The summed E-state index contributed by atoms with van der Waals surface area (Å²) in [5, 5.41) is 5.85. The second-order valence-corrected chi connectivity index (χ2v) is 5.58. The summed E-state index contributed by atoms with van der Waals surface area (Å²) in [5.74, 6) is 1.59. The van der Waals surface area contributed by atoms with Crippen LogP contribution in [-0.2, 0) is 0 Å². The summed E-state index contributed by atoms with van der Waals surface area (Å²) in [5.41, 5.74) is 1.25. The van der Waals surface area contributed by atoms with Crippen LogP contribution < -0.4 is 5.32 Å². The summed E-state index contributed by atoms with van der Waals surface area (Å²) in [4.78, 5) is 4.48. The van der Waals surface area contributed by atoms with Gasteiger partial charge in [0, 0.05) is 28.0 Å². The quantitative estimate of drug-likeness (QED) is 0.908. The van der Waals surface area contributed by atoms with Gasteiger partial charge >= 0.3 is 0 Å². The number of rotatable bonds is 3. The standard InChI is InChI=1S/C14H17BrN2/c1-9(2)7-16-14-13-10(3)5-4-6-11(13)12(15)8-17-14/h4-6,8-9H,7H2,1-3H3,(H,16,17). The van der Waals surface area contributed by atoms with E-state index < -0.39 is 0 Å². The molecule has 0 saturated heterocycles. The van der Waals surface area contributed by atoms with Gasteiger partial charge in [-0.2, -0.15) is 0 Å². The number of aryl methyl sites for hydroxylation is 1. The van der Waals surface area contributed by atoms with Crippen molar-refractivity contribution < 1.29 is 0 Å². The fourth-order valence-electron chi connectivity index (χ4n) is 1.87. The van der Waals surface area contributed by atoms with Gasteiger partial charge in [-0.3, -0.25) is 0 Å². The number of hydrogen-bond donors (Lipinski definition) is 1. The van der Waals surface area contributed by atoms with E-state index in [0.717, 1.165) is 16.8 Å². The molecule has 0 radical (unpaired) electrons. The summed E-state index contributed by atoms with van der Waals surface area (Å²) in [6.07, 6.45) is 1.87. The highest BCUT2D eigenvalue weighted by atomic mass is 79.9. The lowest BCUT2D eigenvalue weighted by atomic mass is 10.1. The van der Waals surface area contributed by atoms with Gasteiger partial charge in [-0.1, -0.05) is 32.0 Å². The zero-order valence-corrected chi connectivity index (χ0v) is 12.0. The molecule has 2 rings (SSSR count). The number of nitrogens with one attached hydrogen (secondary N) is 1. The monoisotopic (exact) mass is 292 g/mol. The van der Waals surface area contributed by atoms with Crippen molar-refractivity contribution in [2.24, 2.45) is 5.92 Å². The van der Waals surface area contributed by atoms with Crippen molar-refractivity contribution in [1.29, 1.82) is 0 Å². The molecule has 0 aliphatic rings. The number of halogens is 1. The predicted molar refractivity (Wildman–Crippen MR) is 77.5 cm³/mol. The third kappa shape index (κ3) is 2.60. The maximum absolute atomic E-state index is 4.48. The highest BCUT2D eigenvalue weighted by Crippen LogP contribution is 2.30. The summed E-state index contributed by atoms with van der Waals surface area (Å²) >= 11 is 3.55. The Balaban J connectivity index is 2.52. The van der Waals surface area contributed by atoms with Gasteiger partial charge in [0.2, 0.25) is 0 Å². The van der Waals surface area contributed by atoms with Crippen LogP contribution in [0.15, 0.2) is 28.9 Å². The second kappa shape index (κ2) is 5.05. The average molecular weight is 293 g/mol. The first-order valence-electron chi connectivity index (χ1n) is 5.87. The zero-order chi connectivity index (χ0) is 12.4. The molecule has 2 aromatic rings. The van der Waals surface area contributed by atoms with Crippen LogP contribution in [0.3, 0.4) is 0 Å². The molecule has 1 heterocycles. The lowest BCUT2D eigenvalue weighted by Crippen LogP contribution is -2.09. The summed E-state index contributed by atoms with van der Waals surface area (Å²) in [7, 11) is 0. The van der Waals surface area contributed by atoms with Gasteiger partial charge in [0.25, 0.3) is 0 Å². The molecule has 0 atom stereocenters. The smallest absolute Gasteiger partial charge is 0.134 e. The highest BCUT2D eigenvalue weighted by Gasteiger charge is 2.08. The van der Waals surface area contributed by atoms with E-state index in [1.54, 1.807) is 0 Å². The molecule has 1 N–H and O–H groups in total. The van der Waals surface area contributed by atoms with Gasteiger partial charge in [-0.25, -0.2) is 4.98 Å². The van der Waals surface area contributed by atoms with E-state index in [-0.39, 0.29) is 0 Å². The molecule has 0 fully saturated rings. The van der Waals surface area contributed by atoms with Gasteiger partial charge in [-0.05, 0) is 34.3 Å². The van der Waals surface area contributed by atoms with Gasteiger partial charge in [0.05, 0.1) is 0 Å². The van der Waals surface area contributed by atoms with Gasteiger partial charge in [0.1, 0.15) is 5.82 Å². The predicted octanol–water partition coefficient (Wildman–Crippen LogP) is 4.37. The molecule has 1 aromatic heterocycles. The minimum atomic E-state index is 0.611. The first-order chi connectivity index (χ1) is 8.09. The van der Waals surface area contributed by atoms with Crippen molar-refractivity contribution in [2.75, 3.05) is 11.9 Å². The largest absolute Gasteiger partial charge is 0.369 e. The Morgan fingerprint density at radius 2 is 2.12 bits per heavy atom. The normalized spacial score (nSPS) is 11.1. The first kappa shape index (κ1) is 12.4. The number of benzene rings is 1. The molecule has 2 nitrogen and oxygen atoms in total. The maximum Gasteiger partial charge on any atom is 0.134 e. The van der Waals surface area contributed by atoms with Gasteiger partial charge < -0.3 is 5.32 Å². The Kier molecular flexibility index (Phi) is 3.67. The van der Waals surface area contributed by atoms with Crippen LogP contribution in [0.1, 0.15) is 19.4 Å². The van der Waals surface area contributed by atoms with E-state index in [1.165, 1.54) is 16.3 Å². The first-order valence-corrected chi connectivity index (χ1v) is 6.66. The fraction of sp³-hybridized carbons (Fsp3) is 0.357. The third-order valence-corrected chi connectivity index (χ3v) is 3.38. The van der Waals surface area contributed by atoms with Crippen molar-refractivity contribution in [3.05, 3.63) is 34.4 Å². The van der Waals surface area contributed by atoms with E-state index in [2.05, 4.69) is 65.2 Å². The lowest BCUT2D eigenvalue weighted by Gasteiger charge is -2.13. The van der Waals surface area contributed by atoms with Crippen molar-refractivity contribution in [3.63, 3.8) is 0 Å². The van der Waals surface area contributed by atoms with Crippen LogP contribution in [0.2, 0.25) is 0 Å². The van der Waals surface area contributed by atoms with Crippen LogP contribution in [0.5, 0.6) is 0 Å². The molecule has 17 heavy (non-hydrogen) atoms. The minimum Gasteiger partial charge on any atom is -0.369 e. The molecule has 0 aliphatic heterocycles. The van der Waals surface area contributed by atoms with Crippen molar-refractivity contribution in [3.8, 4) is 0 Å².